The number of ether oxygens (including phenoxy) is 2. The lowest BCUT2D eigenvalue weighted by molar-refractivity contribution is -0.287. The summed E-state index contributed by atoms with van der Waals surface area (Å²) in [6.45, 7) is -6.69. The Hall–Kier alpha value is -2.01. The number of aliphatic hydroxyl groups is 5. The second-order valence-electron chi connectivity index (χ2n) is 8.89. The summed E-state index contributed by atoms with van der Waals surface area (Å²) in [6, 6.07) is -1.29. The molecular weight excluding hydrogens is 637 g/mol. The van der Waals surface area contributed by atoms with Crippen LogP contribution in [-0.4, -0.2) is 123 Å². The molecule has 2 fully saturated rings. The number of hydrogen-bond donors (Lipinski definition) is 8. The first kappa shape index (κ1) is 32.9. The first-order chi connectivity index (χ1) is 19.7. The fourth-order valence-electron chi connectivity index (χ4n) is 4.17. The second kappa shape index (κ2) is 12.9. The molecule has 21 nitrogen and oxygen atoms in total. The van der Waals surface area contributed by atoms with Crippen LogP contribution in [0.5, 0.6) is 0 Å². The molecule has 234 valence electrons. The van der Waals surface area contributed by atoms with Gasteiger partial charge in [-0.1, -0.05) is 5.11 Å². The first-order valence-electron chi connectivity index (χ1n) is 11.6. The zero-order valence-electron chi connectivity index (χ0n) is 20.8. The van der Waals surface area contributed by atoms with Crippen LogP contribution in [0.15, 0.2) is 17.8 Å². The van der Waals surface area contributed by atoms with Crippen LogP contribution in [0.1, 0.15) is 6.23 Å². The lowest BCUT2D eigenvalue weighted by Gasteiger charge is -2.41. The minimum Gasteiger partial charge on any atom is -0.393 e. The van der Waals surface area contributed by atoms with E-state index >= 15 is 0 Å². The number of aromatic nitrogens is 4. The summed E-state index contributed by atoms with van der Waals surface area (Å²) in [6.07, 6.45) is -14.8. The SMILES string of the molecule is [N-]=[N+]=NC1[C@H](n2cnc3c(N)ncnc32)O[C@H](COP(O)(=S)OP(=O)(O)OC2OC([C@@H](F)CO)C(O)C(O)C2O)[C@H]1O. The van der Waals surface area contributed by atoms with E-state index in [2.05, 4.69) is 33.8 Å². The van der Waals surface area contributed by atoms with Crippen molar-refractivity contribution in [2.24, 2.45) is 5.11 Å². The fraction of sp³-hybridized carbons (Fsp3) is 0.706. The highest BCUT2D eigenvalue weighted by atomic mass is 32.5. The van der Waals surface area contributed by atoms with Gasteiger partial charge >= 0.3 is 14.5 Å². The third-order valence-electron chi connectivity index (χ3n) is 6.17. The number of nitrogens with two attached hydrogens (primary N) is 1. The van der Waals surface area contributed by atoms with Crippen molar-refractivity contribution in [1.29, 1.82) is 0 Å². The van der Waals surface area contributed by atoms with Gasteiger partial charge in [0.15, 0.2) is 23.9 Å². The van der Waals surface area contributed by atoms with Crippen LogP contribution in [0.25, 0.3) is 21.6 Å². The van der Waals surface area contributed by atoms with Crippen LogP contribution in [-0.2, 0) is 39.2 Å². The number of fused-ring (bicyclic) bond motifs is 1. The van der Waals surface area contributed by atoms with Gasteiger partial charge < -0.3 is 55.1 Å². The summed E-state index contributed by atoms with van der Waals surface area (Å²) in [5, 5.41) is 53.0. The molecular formula is C17H25FN8O13P2S. The molecule has 12 atom stereocenters. The molecule has 0 spiro atoms. The molecule has 2 aromatic rings. The maximum absolute atomic E-state index is 13.9. The van der Waals surface area contributed by atoms with Gasteiger partial charge in [-0.2, -0.15) is 0 Å². The topological polar surface area (TPSA) is 323 Å². The number of anilines is 1. The molecule has 0 amide bonds. The maximum atomic E-state index is 13.9. The van der Waals surface area contributed by atoms with Gasteiger partial charge in [0.1, 0.15) is 54.6 Å². The van der Waals surface area contributed by atoms with Crippen LogP contribution in [0.4, 0.5) is 10.2 Å². The number of alkyl halides is 1. The molecule has 4 rings (SSSR count). The summed E-state index contributed by atoms with van der Waals surface area (Å²) in [5.41, 5.74) is 15.1. The number of hydrogen-bond acceptors (Lipinski definition) is 17. The summed E-state index contributed by atoms with van der Waals surface area (Å²) < 4.78 is 52.4. The van der Waals surface area contributed by atoms with Gasteiger partial charge in [0.05, 0.1) is 25.6 Å². The van der Waals surface area contributed by atoms with Crippen LogP contribution in [0.3, 0.4) is 0 Å². The van der Waals surface area contributed by atoms with Crippen molar-refractivity contribution in [3.05, 3.63) is 23.1 Å². The molecule has 0 aromatic carbocycles. The van der Waals surface area contributed by atoms with Gasteiger partial charge in [0.25, 0.3) is 0 Å². The smallest absolute Gasteiger partial charge is 0.393 e. The van der Waals surface area contributed by atoms with Crippen molar-refractivity contribution in [2.45, 2.75) is 61.4 Å². The minimum atomic E-state index is -5.52. The third-order valence-corrected chi connectivity index (χ3v) is 9.68. The molecule has 0 saturated carbocycles. The van der Waals surface area contributed by atoms with E-state index in [1.54, 1.807) is 0 Å². The van der Waals surface area contributed by atoms with Gasteiger partial charge in [-0.15, -0.1) is 0 Å². The number of nitrogens with zero attached hydrogens (tertiary/aromatic N) is 7. The number of halogens is 1. The number of aliphatic hydroxyl groups excluding tert-OH is 5. The van der Waals surface area contributed by atoms with Crippen molar-refractivity contribution in [3.63, 3.8) is 0 Å². The highest BCUT2D eigenvalue weighted by molar-refractivity contribution is 8.08. The molecule has 0 bridgehead atoms. The molecule has 25 heteroatoms. The molecule has 9 N–H and O–H groups in total. The summed E-state index contributed by atoms with van der Waals surface area (Å²) in [5.74, 6) is 0.0385. The number of nitrogen functional groups attached to an aromatic ring is 1. The standard InChI is InChI=1S/C17H25FN8O13P2S/c18-5(1-27)13-11(30)10(29)12(31)17(37-13)38-40(32,33)39-41(34,42)35-2-6-9(28)7(24-25-20)16(36-6)26-4-23-8-14(19)21-3-22-15(8)26/h3-7,9-13,16-17,27-31H,1-2H2,(H,32,33)(H,34,42)(H2,19,21,22)/t5-,6+,7?,9+,10?,11?,12?,13?,16+,17?,41?/m0/s1. The van der Waals surface area contributed by atoms with Gasteiger partial charge in [0.2, 0.25) is 0 Å². The zero-order chi connectivity index (χ0) is 31.0. The molecule has 2 saturated heterocycles. The van der Waals surface area contributed by atoms with E-state index in [9.17, 15) is 39.2 Å². The van der Waals surface area contributed by atoms with E-state index in [1.807, 2.05) is 0 Å². The van der Waals surface area contributed by atoms with E-state index in [4.69, 9.17) is 42.2 Å². The predicted octanol–water partition coefficient (Wildman–Crippen LogP) is -2.15. The Morgan fingerprint density at radius 3 is 2.57 bits per heavy atom. The summed E-state index contributed by atoms with van der Waals surface area (Å²) in [4.78, 5) is 35.1. The Morgan fingerprint density at radius 2 is 1.90 bits per heavy atom. The zero-order valence-corrected chi connectivity index (χ0v) is 23.4. The van der Waals surface area contributed by atoms with Gasteiger partial charge in [0, 0.05) is 4.91 Å². The van der Waals surface area contributed by atoms with Crippen LogP contribution >= 0.6 is 14.5 Å². The molecule has 0 radical (unpaired) electrons. The van der Waals surface area contributed by atoms with Crippen molar-refractivity contribution in [1.82, 2.24) is 19.5 Å². The molecule has 2 aliphatic rings. The Kier molecular flexibility index (Phi) is 10.1. The summed E-state index contributed by atoms with van der Waals surface area (Å²) >= 11 is 4.71. The molecule has 42 heavy (non-hydrogen) atoms. The maximum Gasteiger partial charge on any atom is 0.481 e. The number of phosphoric ester groups is 1. The number of imidazole rings is 1. The highest BCUT2D eigenvalue weighted by Gasteiger charge is 2.51. The van der Waals surface area contributed by atoms with Gasteiger partial charge in [-0.3, -0.25) is 9.09 Å². The fourth-order valence-corrected chi connectivity index (χ4v) is 7.27. The first-order valence-corrected chi connectivity index (χ1v) is 15.7. The lowest BCUT2D eigenvalue weighted by Crippen LogP contribution is -2.60. The van der Waals surface area contributed by atoms with E-state index in [1.165, 1.54) is 10.9 Å². The normalized spacial score (nSPS) is 35.3. The monoisotopic (exact) mass is 662 g/mol. The lowest BCUT2D eigenvalue weighted by atomic mass is 9.96. The molecule has 2 aromatic heterocycles. The van der Waals surface area contributed by atoms with E-state index in [-0.39, 0.29) is 17.0 Å². The minimum absolute atomic E-state index is 0.0385. The van der Waals surface area contributed by atoms with Crippen LogP contribution in [0.2, 0.25) is 0 Å². The summed E-state index contributed by atoms with van der Waals surface area (Å²) in [7, 11) is -5.52. The third kappa shape index (κ3) is 6.87. The Bertz CT molecular complexity index is 1420. The highest BCUT2D eigenvalue weighted by Crippen LogP contribution is 2.61. The Balaban J connectivity index is 1.43. The Labute approximate surface area is 238 Å². The largest absolute Gasteiger partial charge is 0.481 e. The van der Waals surface area contributed by atoms with Crippen molar-refractivity contribution in [3.8, 4) is 0 Å². The predicted molar refractivity (Wildman–Crippen MR) is 136 cm³/mol. The van der Waals surface area contributed by atoms with E-state index in [0.29, 0.717) is 0 Å². The number of phosphoric acid groups is 1. The molecule has 4 heterocycles. The second-order valence-corrected chi connectivity index (χ2v) is 13.3. The average molecular weight is 662 g/mol. The van der Waals surface area contributed by atoms with Crippen LogP contribution < -0.4 is 5.73 Å². The molecule has 2 aliphatic heterocycles. The Morgan fingerprint density at radius 1 is 1.19 bits per heavy atom. The van der Waals surface area contributed by atoms with Crippen molar-refractivity contribution in [2.75, 3.05) is 18.9 Å². The van der Waals surface area contributed by atoms with Gasteiger partial charge in [-0.05, 0) is 17.3 Å². The van der Waals surface area contributed by atoms with Crippen molar-refractivity contribution >= 4 is 43.3 Å². The van der Waals surface area contributed by atoms with Gasteiger partial charge in [-0.25, -0.2) is 28.2 Å². The molecule has 0 aliphatic carbocycles. The van der Waals surface area contributed by atoms with E-state index in [0.717, 1.165) is 6.33 Å². The van der Waals surface area contributed by atoms with E-state index < -0.39 is 89.1 Å². The number of rotatable bonds is 11. The van der Waals surface area contributed by atoms with Crippen molar-refractivity contribution < 1.29 is 67.1 Å². The quantitative estimate of drug-likeness (QED) is 0.0550. The average Bonchev–Trinajstić information content (AvgIpc) is 3.49. The van der Waals surface area contributed by atoms with Crippen LogP contribution in [0, 0.1) is 0 Å². The molecule has 8 unspecified atom stereocenters. The number of azide groups is 1.